The van der Waals surface area contributed by atoms with E-state index in [-0.39, 0.29) is 12.1 Å². The van der Waals surface area contributed by atoms with Crippen molar-refractivity contribution in [3.63, 3.8) is 0 Å². The molecule has 0 aromatic heterocycles. The molecule has 2 unspecified atom stereocenters. The lowest BCUT2D eigenvalue weighted by Gasteiger charge is -2.13. The van der Waals surface area contributed by atoms with Gasteiger partial charge in [0.2, 0.25) is 0 Å². The van der Waals surface area contributed by atoms with Crippen molar-refractivity contribution in [1.82, 2.24) is 0 Å². The average molecular weight is 283 g/mol. The largest absolute Gasteiger partial charge is 0.490 e. The fourth-order valence-corrected chi connectivity index (χ4v) is 2.60. The smallest absolute Gasteiger partial charge is 0.137 e. The van der Waals surface area contributed by atoms with Crippen LogP contribution in [0.15, 0.2) is 42.5 Å². The summed E-state index contributed by atoms with van der Waals surface area (Å²) in [4.78, 5) is 0. The molecule has 0 bridgehead atoms. The van der Waals surface area contributed by atoms with Gasteiger partial charge in [0, 0.05) is 12.5 Å². The fraction of sp³-hybridized carbons (Fsp3) is 0.333. The zero-order valence-electron chi connectivity index (χ0n) is 12.5. The van der Waals surface area contributed by atoms with Crippen molar-refractivity contribution in [1.29, 1.82) is 0 Å². The summed E-state index contributed by atoms with van der Waals surface area (Å²) in [5.74, 6) is 1.84. The Kier molecular flexibility index (Phi) is 3.84. The zero-order valence-corrected chi connectivity index (χ0v) is 12.5. The Labute approximate surface area is 125 Å². The predicted molar refractivity (Wildman–Crippen MR) is 83.8 cm³/mol. The summed E-state index contributed by atoms with van der Waals surface area (Å²) in [5, 5.41) is 0. The highest BCUT2D eigenvalue weighted by Crippen LogP contribution is 2.29. The van der Waals surface area contributed by atoms with E-state index < -0.39 is 0 Å². The Morgan fingerprint density at radius 2 is 2.00 bits per heavy atom. The van der Waals surface area contributed by atoms with Crippen LogP contribution in [0.5, 0.6) is 11.5 Å². The van der Waals surface area contributed by atoms with Crippen molar-refractivity contribution < 1.29 is 9.47 Å². The monoisotopic (exact) mass is 283 g/mol. The number of hydrogen-bond acceptors (Lipinski definition) is 3. The summed E-state index contributed by atoms with van der Waals surface area (Å²) in [7, 11) is 0. The lowest BCUT2D eigenvalue weighted by Crippen LogP contribution is -2.22. The molecule has 0 radical (unpaired) electrons. The normalized spacial score (nSPS) is 18.0. The van der Waals surface area contributed by atoms with Crippen LogP contribution in [-0.2, 0) is 6.42 Å². The van der Waals surface area contributed by atoms with E-state index in [0.29, 0.717) is 6.61 Å². The molecule has 1 heterocycles. The maximum absolute atomic E-state index is 5.90. The zero-order chi connectivity index (χ0) is 14.8. The summed E-state index contributed by atoms with van der Waals surface area (Å²) in [6.45, 7) is 4.64. The van der Waals surface area contributed by atoms with Gasteiger partial charge < -0.3 is 15.2 Å². The molecular weight excluding hydrogens is 262 g/mol. The number of hydrogen-bond donors (Lipinski definition) is 1. The van der Waals surface area contributed by atoms with Crippen LogP contribution in [0, 0.1) is 6.92 Å². The first-order valence-corrected chi connectivity index (χ1v) is 7.36. The van der Waals surface area contributed by atoms with Gasteiger partial charge in [-0.15, -0.1) is 0 Å². The molecule has 2 aromatic rings. The summed E-state index contributed by atoms with van der Waals surface area (Å²) >= 11 is 0. The van der Waals surface area contributed by atoms with Crippen LogP contribution >= 0.6 is 0 Å². The number of benzene rings is 2. The molecule has 0 saturated heterocycles. The minimum Gasteiger partial charge on any atom is -0.490 e. The first-order valence-electron chi connectivity index (χ1n) is 7.36. The molecule has 0 aliphatic carbocycles. The third-order valence-electron chi connectivity index (χ3n) is 3.80. The average Bonchev–Trinajstić information content (AvgIpc) is 2.87. The van der Waals surface area contributed by atoms with Gasteiger partial charge in [-0.05, 0) is 43.2 Å². The Bertz CT molecular complexity index is 620. The minimum atomic E-state index is 0.0509. The number of ether oxygens (including phenoxy) is 2. The quantitative estimate of drug-likeness (QED) is 0.935. The number of nitrogens with two attached hydrogens (primary N) is 1. The van der Waals surface area contributed by atoms with Gasteiger partial charge in [-0.25, -0.2) is 0 Å². The van der Waals surface area contributed by atoms with Crippen LogP contribution in [0.3, 0.4) is 0 Å². The molecule has 3 rings (SSSR count). The molecule has 2 aromatic carbocycles. The van der Waals surface area contributed by atoms with Crippen LogP contribution in [0.2, 0.25) is 0 Å². The fourth-order valence-electron chi connectivity index (χ4n) is 2.60. The van der Waals surface area contributed by atoms with Crippen LogP contribution in [0.25, 0.3) is 0 Å². The van der Waals surface area contributed by atoms with Gasteiger partial charge in [0.05, 0.1) is 0 Å². The third-order valence-corrected chi connectivity index (χ3v) is 3.80. The standard InChI is InChI=1S/C18H21NO2/c1-12-3-8-18-15(9-12)10-17(21-18)11-20-16-6-4-14(5-7-16)13(2)19/h3-9,13,17H,10-11,19H2,1-2H3. The number of rotatable bonds is 4. The van der Waals surface area contributed by atoms with Gasteiger partial charge in [0.15, 0.2) is 0 Å². The maximum atomic E-state index is 5.90. The van der Waals surface area contributed by atoms with Crippen LogP contribution < -0.4 is 15.2 Å². The second kappa shape index (κ2) is 5.78. The minimum absolute atomic E-state index is 0.0509. The SMILES string of the molecule is Cc1ccc2c(c1)CC(COc1ccc(C(C)N)cc1)O2. The second-order valence-electron chi connectivity index (χ2n) is 5.72. The molecule has 21 heavy (non-hydrogen) atoms. The Morgan fingerprint density at radius 1 is 1.24 bits per heavy atom. The van der Waals surface area contributed by atoms with Crippen LogP contribution in [-0.4, -0.2) is 12.7 Å². The van der Waals surface area contributed by atoms with Crippen molar-refractivity contribution in [3.8, 4) is 11.5 Å². The molecule has 0 spiro atoms. The molecule has 3 heteroatoms. The number of aryl methyl sites for hydroxylation is 1. The van der Waals surface area contributed by atoms with E-state index in [1.54, 1.807) is 0 Å². The lowest BCUT2D eigenvalue weighted by atomic mass is 10.1. The highest BCUT2D eigenvalue weighted by Gasteiger charge is 2.23. The maximum Gasteiger partial charge on any atom is 0.137 e. The van der Waals surface area contributed by atoms with E-state index in [4.69, 9.17) is 15.2 Å². The first-order chi connectivity index (χ1) is 10.1. The first kappa shape index (κ1) is 14.0. The van der Waals surface area contributed by atoms with E-state index in [9.17, 15) is 0 Å². The molecule has 1 aliphatic rings. The van der Waals surface area contributed by atoms with E-state index in [1.165, 1.54) is 11.1 Å². The van der Waals surface area contributed by atoms with Crippen molar-refractivity contribution >= 4 is 0 Å². The van der Waals surface area contributed by atoms with Gasteiger partial charge in [0.1, 0.15) is 24.2 Å². The molecule has 2 atom stereocenters. The molecule has 110 valence electrons. The van der Waals surface area contributed by atoms with E-state index >= 15 is 0 Å². The topological polar surface area (TPSA) is 44.5 Å². The highest BCUT2D eigenvalue weighted by molar-refractivity contribution is 5.40. The van der Waals surface area contributed by atoms with Crippen molar-refractivity contribution in [2.24, 2.45) is 5.73 Å². The Hall–Kier alpha value is -2.00. The summed E-state index contributed by atoms with van der Waals surface area (Å²) in [6.07, 6.45) is 1.00. The van der Waals surface area contributed by atoms with Gasteiger partial charge >= 0.3 is 0 Å². The lowest BCUT2D eigenvalue weighted by molar-refractivity contribution is 0.148. The summed E-state index contributed by atoms with van der Waals surface area (Å²) in [6, 6.07) is 14.3. The Morgan fingerprint density at radius 3 is 2.71 bits per heavy atom. The van der Waals surface area contributed by atoms with Gasteiger partial charge in [-0.2, -0.15) is 0 Å². The van der Waals surface area contributed by atoms with Crippen LogP contribution in [0.1, 0.15) is 29.7 Å². The van der Waals surface area contributed by atoms with Gasteiger partial charge in [0.25, 0.3) is 0 Å². The molecular formula is C18H21NO2. The summed E-state index contributed by atoms with van der Waals surface area (Å²) in [5.41, 5.74) is 9.49. The molecule has 0 amide bonds. The highest BCUT2D eigenvalue weighted by atomic mass is 16.5. The van der Waals surface area contributed by atoms with Crippen molar-refractivity contribution in [2.45, 2.75) is 32.4 Å². The molecule has 0 saturated carbocycles. The third kappa shape index (κ3) is 3.19. The second-order valence-corrected chi connectivity index (χ2v) is 5.72. The summed E-state index contributed by atoms with van der Waals surface area (Å²) < 4.78 is 11.7. The van der Waals surface area contributed by atoms with E-state index in [1.807, 2.05) is 37.3 Å². The Balaban J connectivity index is 1.57. The van der Waals surface area contributed by atoms with Crippen LogP contribution in [0.4, 0.5) is 0 Å². The molecule has 2 N–H and O–H groups in total. The molecule has 3 nitrogen and oxygen atoms in total. The van der Waals surface area contributed by atoms with Crippen molar-refractivity contribution in [3.05, 3.63) is 59.2 Å². The van der Waals surface area contributed by atoms with E-state index in [2.05, 4.69) is 19.1 Å². The van der Waals surface area contributed by atoms with Crippen molar-refractivity contribution in [2.75, 3.05) is 6.61 Å². The van der Waals surface area contributed by atoms with Gasteiger partial charge in [-0.3, -0.25) is 0 Å². The predicted octanol–water partition coefficient (Wildman–Crippen LogP) is 3.40. The number of fused-ring (bicyclic) bond motifs is 1. The molecule has 0 fully saturated rings. The van der Waals surface area contributed by atoms with E-state index in [0.717, 1.165) is 23.5 Å². The van der Waals surface area contributed by atoms with Gasteiger partial charge in [-0.1, -0.05) is 29.8 Å². The molecule has 1 aliphatic heterocycles.